The number of Topliss-reactive ketones (excluding diaryl/α,β-unsaturated/α-hetero) is 1. The Balaban J connectivity index is 1.20. The van der Waals surface area contributed by atoms with Crippen LogP contribution in [0.2, 0.25) is 0 Å². The number of carbonyl (C=O) groups excluding carboxylic acids is 2. The third-order valence-electron chi connectivity index (χ3n) is 6.56. The first kappa shape index (κ1) is 22.5. The Hall–Kier alpha value is -2.73. The molecule has 4 rings (SSSR count). The van der Waals surface area contributed by atoms with Gasteiger partial charge in [-0.15, -0.1) is 0 Å². The van der Waals surface area contributed by atoms with Crippen molar-refractivity contribution < 1.29 is 9.59 Å². The van der Waals surface area contributed by atoms with Gasteiger partial charge in [-0.05, 0) is 56.2 Å². The van der Waals surface area contributed by atoms with Gasteiger partial charge in [0.2, 0.25) is 5.91 Å². The lowest BCUT2D eigenvalue weighted by atomic mass is 10.0. The van der Waals surface area contributed by atoms with Crippen LogP contribution in [0.4, 0.5) is 5.82 Å². The summed E-state index contributed by atoms with van der Waals surface area (Å²) in [6.45, 7) is 5.50. The number of aromatic nitrogens is 1. The highest BCUT2D eigenvalue weighted by molar-refractivity contribution is 5.83. The monoisotopic (exact) mass is 434 g/mol. The van der Waals surface area contributed by atoms with Crippen LogP contribution in [0.5, 0.6) is 0 Å². The zero-order valence-corrected chi connectivity index (χ0v) is 19.1. The summed E-state index contributed by atoms with van der Waals surface area (Å²) < 4.78 is 0. The summed E-state index contributed by atoms with van der Waals surface area (Å²) in [6, 6.07) is 14.0. The normalized spacial score (nSPS) is 17.3. The maximum Gasteiger partial charge on any atom is 0.222 e. The number of nitrogens with one attached hydrogen (secondary N) is 1. The molecule has 2 aliphatic heterocycles. The number of nitrogens with zero attached hydrogens (tertiary/aromatic N) is 3. The smallest absolute Gasteiger partial charge is 0.222 e. The Bertz CT molecular complexity index is 923. The Morgan fingerprint density at radius 1 is 1.03 bits per heavy atom. The van der Waals surface area contributed by atoms with Crippen molar-refractivity contribution in [3.05, 3.63) is 59.3 Å². The number of rotatable bonds is 8. The van der Waals surface area contributed by atoms with Gasteiger partial charge in [-0.1, -0.05) is 36.4 Å². The van der Waals surface area contributed by atoms with E-state index in [1.54, 1.807) is 6.92 Å². The summed E-state index contributed by atoms with van der Waals surface area (Å²) in [5.41, 5.74) is 3.45. The first-order valence-corrected chi connectivity index (χ1v) is 11.9. The summed E-state index contributed by atoms with van der Waals surface area (Å²) in [4.78, 5) is 33.9. The molecule has 1 saturated heterocycles. The van der Waals surface area contributed by atoms with E-state index < -0.39 is 0 Å². The highest BCUT2D eigenvalue weighted by Crippen LogP contribution is 2.24. The van der Waals surface area contributed by atoms with Gasteiger partial charge < -0.3 is 10.2 Å². The van der Waals surface area contributed by atoms with Crippen molar-refractivity contribution in [3.63, 3.8) is 0 Å². The molecule has 1 atom stereocenters. The average Bonchev–Trinajstić information content (AvgIpc) is 2.82. The predicted octanol–water partition coefficient (Wildman–Crippen LogP) is 3.63. The minimum Gasteiger partial charge on any atom is -0.370 e. The molecule has 6 heteroatoms. The molecule has 170 valence electrons. The van der Waals surface area contributed by atoms with Gasteiger partial charge in [0.25, 0.3) is 0 Å². The molecular weight excluding hydrogens is 400 g/mol. The summed E-state index contributed by atoms with van der Waals surface area (Å²) >= 11 is 0. The average molecular weight is 435 g/mol. The van der Waals surface area contributed by atoms with Crippen molar-refractivity contribution in [1.29, 1.82) is 0 Å². The van der Waals surface area contributed by atoms with E-state index in [0.717, 1.165) is 62.4 Å². The van der Waals surface area contributed by atoms with Gasteiger partial charge in [0.05, 0.1) is 6.04 Å². The highest BCUT2D eigenvalue weighted by Gasteiger charge is 2.29. The second-order valence-corrected chi connectivity index (χ2v) is 8.89. The Labute approximate surface area is 191 Å². The molecule has 1 unspecified atom stereocenters. The number of unbranched alkanes of at least 4 members (excludes halogenated alkanes) is 1. The van der Waals surface area contributed by atoms with Crippen LogP contribution in [0.1, 0.15) is 55.5 Å². The molecule has 0 radical (unpaired) electrons. The first-order valence-electron chi connectivity index (χ1n) is 11.9. The molecule has 2 aliphatic rings. The number of anilines is 1. The van der Waals surface area contributed by atoms with Gasteiger partial charge in [0.15, 0.2) is 5.78 Å². The number of carbonyl (C=O) groups is 2. The maximum absolute atomic E-state index is 12.7. The Morgan fingerprint density at radius 2 is 1.81 bits per heavy atom. The number of hydrogen-bond acceptors (Lipinski definition) is 5. The number of aryl methyl sites for hydroxylation is 2. The van der Waals surface area contributed by atoms with Crippen molar-refractivity contribution in [1.82, 2.24) is 14.8 Å². The molecule has 1 amide bonds. The standard InChI is InChI=1S/C26H34N4O2/c1-20(31)25(21-8-3-2-4-9-21)30-18-16-29(17-19-30)24(32)12-6-5-11-23-14-13-22-10-7-15-27-26(22)28-23/h2-4,8-9,13-14,25H,5-7,10-12,15-19H2,1H3,(H,27,28). The molecule has 3 heterocycles. The predicted molar refractivity (Wildman–Crippen MR) is 127 cm³/mol. The fourth-order valence-electron chi connectivity index (χ4n) is 4.82. The summed E-state index contributed by atoms with van der Waals surface area (Å²) in [5, 5.41) is 3.39. The second kappa shape index (κ2) is 10.7. The van der Waals surface area contributed by atoms with Crippen LogP contribution in [0.25, 0.3) is 0 Å². The largest absolute Gasteiger partial charge is 0.370 e. The molecule has 0 spiro atoms. The molecule has 6 nitrogen and oxygen atoms in total. The van der Waals surface area contributed by atoms with E-state index >= 15 is 0 Å². The fraction of sp³-hybridized carbons (Fsp3) is 0.500. The third-order valence-corrected chi connectivity index (χ3v) is 6.56. The van der Waals surface area contributed by atoms with Crippen molar-refractivity contribution in [3.8, 4) is 0 Å². The van der Waals surface area contributed by atoms with Gasteiger partial charge in [0, 0.05) is 44.8 Å². The minimum atomic E-state index is -0.216. The number of pyridine rings is 1. The van der Waals surface area contributed by atoms with E-state index in [2.05, 4.69) is 22.3 Å². The number of amides is 1. The molecule has 2 aromatic rings. The molecule has 0 saturated carbocycles. The van der Waals surface area contributed by atoms with E-state index in [0.29, 0.717) is 19.5 Å². The second-order valence-electron chi connectivity index (χ2n) is 8.89. The van der Waals surface area contributed by atoms with E-state index in [1.807, 2.05) is 35.2 Å². The van der Waals surface area contributed by atoms with E-state index in [-0.39, 0.29) is 17.7 Å². The van der Waals surface area contributed by atoms with Crippen LogP contribution in [-0.2, 0) is 22.4 Å². The molecule has 32 heavy (non-hydrogen) atoms. The van der Waals surface area contributed by atoms with Crippen LogP contribution in [-0.4, -0.2) is 59.2 Å². The molecule has 1 fully saturated rings. The molecule has 0 bridgehead atoms. The fourth-order valence-corrected chi connectivity index (χ4v) is 4.82. The van der Waals surface area contributed by atoms with Crippen LogP contribution >= 0.6 is 0 Å². The van der Waals surface area contributed by atoms with Crippen molar-refractivity contribution in [2.75, 3.05) is 38.0 Å². The van der Waals surface area contributed by atoms with Crippen molar-refractivity contribution in [2.24, 2.45) is 0 Å². The minimum absolute atomic E-state index is 0.155. The number of ketones is 1. The summed E-state index contributed by atoms with van der Waals surface area (Å²) in [5.74, 6) is 1.42. The first-order chi connectivity index (χ1) is 15.6. The van der Waals surface area contributed by atoms with Gasteiger partial charge in [-0.2, -0.15) is 0 Å². The van der Waals surface area contributed by atoms with E-state index in [1.165, 1.54) is 12.0 Å². The lowest BCUT2D eigenvalue weighted by Crippen LogP contribution is -2.50. The quantitative estimate of drug-likeness (QED) is 0.643. The molecule has 1 aromatic carbocycles. The number of benzene rings is 1. The topological polar surface area (TPSA) is 65.5 Å². The van der Waals surface area contributed by atoms with Crippen LogP contribution in [0.3, 0.4) is 0 Å². The van der Waals surface area contributed by atoms with Gasteiger partial charge in [-0.25, -0.2) is 4.98 Å². The van der Waals surface area contributed by atoms with Crippen LogP contribution in [0, 0.1) is 0 Å². The highest BCUT2D eigenvalue weighted by atomic mass is 16.2. The molecule has 1 aromatic heterocycles. The van der Waals surface area contributed by atoms with Crippen molar-refractivity contribution in [2.45, 2.75) is 51.5 Å². The summed E-state index contributed by atoms with van der Waals surface area (Å²) in [7, 11) is 0. The SMILES string of the molecule is CC(=O)C(c1ccccc1)N1CCN(C(=O)CCCCc2ccc3c(n2)NCCC3)CC1. The molecule has 0 aliphatic carbocycles. The van der Waals surface area contributed by atoms with E-state index in [4.69, 9.17) is 4.98 Å². The molecular formula is C26H34N4O2. The summed E-state index contributed by atoms with van der Waals surface area (Å²) in [6.07, 6.45) is 5.62. The number of fused-ring (bicyclic) bond motifs is 1. The molecule has 1 N–H and O–H groups in total. The van der Waals surface area contributed by atoms with E-state index in [9.17, 15) is 9.59 Å². The van der Waals surface area contributed by atoms with Crippen LogP contribution < -0.4 is 5.32 Å². The Kier molecular flexibility index (Phi) is 7.53. The van der Waals surface area contributed by atoms with Crippen LogP contribution in [0.15, 0.2) is 42.5 Å². The van der Waals surface area contributed by atoms with Gasteiger partial charge in [-0.3, -0.25) is 14.5 Å². The lowest BCUT2D eigenvalue weighted by molar-refractivity contribution is -0.134. The Morgan fingerprint density at radius 3 is 2.56 bits per heavy atom. The number of piperazine rings is 1. The van der Waals surface area contributed by atoms with Gasteiger partial charge in [0.1, 0.15) is 5.82 Å². The zero-order chi connectivity index (χ0) is 22.3. The number of hydrogen-bond donors (Lipinski definition) is 1. The lowest BCUT2D eigenvalue weighted by Gasteiger charge is -2.38. The maximum atomic E-state index is 12.7. The zero-order valence-electron chi connectivity index (χ0n) is 19.1. The van der Waals surface area contributed by atoms with Gasteiger partial charge >= 0.3 is 0 Å². The third kappa shape index (κ3) is 5.54. The van der Waals surface area contributed by atoms with Crippen molar-refractivity contribution >= 4 is 17.5 Å².